The van der Waals surface area contributed by atoms with Gasteiger partial charge in [0, 0.05) is 45.0 Å². The molecule has 0 atom stereocenters. The Kier molecular flexibility index (Phi) is 5.48. The van der Waals surface area contributed by atoms with E-state index in [2.05, 4.69) is 14.9 Å². The molecule has 1 saturated heterocycles. The third-order valence-corrected chi connectivity index (χ3v) is 3.32. The van der Waals surface area contributed by atoms with Crippen molar-refractivity contribution < 1.29 is 14.3 Å². The van der Waals surface area contributed by atoms with Crippen LogP contribution >= 0.6 is 0 Å². The third kappa shape index (κ3) is 4.40. The van der Waals surface area contributed by atoms with Crippen LogP contribution in [0.4, 0.5) is 5.95 Å². The van der Waals surface area contributed by atoms with E-state index in [0.29, 0.717) is 38.7 Å². The van der Waals surface area contributed by atoms with Crippen molar-refractivity contribution in [1.29, 1.82) is 0 Å². The lowest BCUT2D eigenvalue weighted by atomic mass is 10.2. The minimum atomic E-state index is -0.317. The van der Waals surface area contributed by atoms with Crippen molar-refractivity contribution in [1.82, 2.24) is 14.9 Å². The monoisotopic (exact) mass is 292 g/mol. The minimum Gasteiger partial charge on any atom is -0.466 e. The van der Waals surface area contributed by atoms with Gasteiger partial charge in [-0.25, -0.2) is 9.97 Å². The lowest BCUT2D eigenvalue weighted by molar-refractivity contribution is -0.145. The number of carbonyl (C=O) groups is 2. The number of amides is 1. The zero-order chi connectivity index (χ0) is 15.1. The van der Waals surface area contributed by atoms with Gasteiger partial charge in [-0.1, -0.05) is 0 Å². The van der Waals surface area contributed by atoms with E-state index in [1.807, 2.05) is 0 Å². The van der Waals surface area contributed by atoms with Crippen LogP contribution in [0.2, 0.25) is 0 Å². The average Bonchev–Trinajstić information content (AvgIpc) is 2.54. The predicted molar refractivity (Wildman–Crippen MR) is 76.7 cm³/mol. The molecule has 2 heterocycles. The first kappa shape index (κ1) is 15.2. The highest BCUT2D eigenvalue weighted by molar-refractivity contribution is 5.81. The van der Waals surface area contributed by atoms with E-state index in [-0.39, 0.29) is 24.7 Å². The summed E-state index contributed by atoms with van der Waals surface area (Å²) in [6.07, 6.45) is 3.77. The summed E-state index contributed by atoms with van der Waals surface area (Å²) in [4.78, 5) is 35.5. The summed E-state index contributed by atoms with van der Waals surface area (Å²) < 4.78 is 4.82. The molecule has 2 rings (SSSR count). The van der Waals surface area contributed by atoms with Gasteiger partial charge in [-0.15, -0.1) is 0 Å². The van der Waals surface area contributed by atoms with Gasteiger partial charge in [0.1, 0.15) is 0 Å². The SMILES string of the molecule is CCOC(=O)CCC(=O)N1CCN(c2ncccn2)CC1. The molecule has 0 bridgehead atoms. The maximum Gasteiger partial charge on any atom is 0.306 e. The molecule has 21 heavy (non-hydrogen) atoms. The average molecular weight is 292 g/mol. The fraction of sp³-hybridized carbons (Fsp3) is 0.571. The number of ether oxygens (including phenoxy) is 1. The molecule has 114 valence electrons. The van der Waals surface area contributed by atoms with Crippen molar-refractivity contribution in [3.63, 3.8) is 0 Å². The van der Waals surface area contributed by atoms with Gasteiger partial charge in [-0.05, 0) is 13.0 Å². The van der Waals surface area contributed by atoms with Crippen molar-refractivity contribution in [2.24, 2.45) is 0 Å². The summed E-state index contributed by atoms with van der Waals surface area (Å²) in [6, 6.07) is 1.78. The first-order chi connectivity index (χ1) is 10.2. The van der Waals surface area contributed by atoms with Gasteiger partial charge in [0.05, 0.1) is 13.0 Å². The Labute approximate surface area is 123 Å². The van der Waals surface area contributed by atoms with Crippen LogP contribution in [-0.2, 0) is 14.3 Å². The highest BCUT2D eigenvalue weighted by Crippen LogP contribution is 2.11. The number of aromatic nitrogens is 2. The van der Waals surface area contributed by atoms with E-state index in [4.69, 9.17) is 4.74 Å². The molecule has 0 aliphatic carbocycles. The Balaban J connectivity index is 1.76. The number of hydrogen-bond donors (Lipinski definition) is 0. The molecule has 1 fully saturated rings. The summed E-state index contributed by atoms with van der Waals surface area (Å²) in [5.41, 5.74) is 0. The predicted octanol–water partition coefficient (Wildman–Crippen LogP) is 0.468. The van der Waals surface area contributed by atoms with Crippen LogP contribution in [-0.4, -0.2) is 59.5 Å². The van der Waals surface area contributed by atoms with Gasteiger partial charge in [0.2, 0.25) is 11.9 Å². The molecule has 0 saturated carbocycles. The number of hydrogen-bond acceptors (Lipinski definition) is 6. The molecule has 1 aromatic heterocycles. The smallest absolute Gasteiger partial charge is 0.306 e. The zero-order valence-electron chi connectivity index (χ0n) is 12.2. The van der Waals surface area contributed by atoms with Crippen LogP contribution in [0.5, 0.6) is 0 Å². The van der Waals surface area contributed by atoms with Crippen LogP contribution in [0, 0.1) is 0 Å². The van der Waals surface area contributed by atoms with E-state index < -0.39 is 0 Å². The Morgan fingerprint density at radius 3 is 2.43 bits per heavy atom. The molecule has 0 spiro atoms. The van der Waals surface area contributed by atoms with Crippen molar-refractivity contribution >= 4 is 17.8 Å². The van der Waals surface area contributed by atoms with Gasteiger partial charge in [-0.3, -0.25) is 9.59 Å². The van der Waals surface area contributed by atoms with E-state index in [1.54, 1.807) is 30.3 Å². The summed E-state index contributed by atoms with van der Waals surface area (Å²) in [7, 11) is 0. The molecule has 0 aromatic carbocycles. The number of esters is 1. The minimum absolute atomic E-state index is 0.00307. The molecule has 1 aliphatic rings. The second-order valence-corrected chi connectivity index (χ2v) is 4.72. The quantitative estimate of drug-likeness (QED) is 0.734. The lowest BCUT2D eigenvalue weighted by Crippen LogP contribution is -2.49. The molecule has 1 aromatic rings. The Hall–Kier alpha value is -2.18. The van der Waals surface area contributed by atoms with Gasteiger partial charge < -0.3 is 14.5 Å². The molecule has 7 heteroatoms. The molecule has 0 radical (unpaired) electrons. The third-order valence-electron chi connectivity index (χ3n) is 3.32. The Bertz CT molecular complexity index is 472. The molecular formula is C14H20N4O3. The fourth-order valence-electron chi connectivity index (χ4n) is 2.21. The molecule has 1 amide bonds. The van der Waals surface area contributed by atoms with Crippen molar-refractivity contribution in [3.8, 4) is 0 Å². The van der Waals surface area contributed by atoms with Crippen molar-refractivity contribution in [2.45, 2.75) is 19.8 Å². The first-order valence-corrected chi connectivity index (χ1v) is 7.16. The molecule has 1 aliphatic heterocycles. The van der Waals surface area contributed by atoms with Crippen molar-refractivity contribution in [2.75, 3.05) is 37.7 Å². The van der Waals surface area contributed by atoms with Gasteiger partial charge in [0.15, 0.2) is 0 Å². The van der Waals surface area contributed by atoms with Crippen LogP contribution in [0.3, 0.4) is 0 Å². The molecule has 7 nitrogen and oxygen atoms in total. The molecule has 0 unspecified atom stereocenters. The van der Waals surface area contributed by atoms with E-state index in [0.717, 1.165) is 0 Å². The first-order valence-electron chi connectivity index (χ1n) is 7.16. The molecule has 0 N–H and O–H groups in total. The summed E-state index contributed by atoms with van der Waals surface area (Å²) >= 11 is 0. The van der Waals surface area contributed by atoms with E-state index in [1.165, 1.54) is 0 Å². The number of anilines is 1. The van der Waals surface area contributed by atoms with Crippen molar-refractivity contribution in [3.05, 3.63) is 18.5 Å². The maximum absolute atomic E-state index is 12.0. The fourth-order valence-corrected chi connectivity index (χ4v) is 2.21. The zero-order valence-corrected chi connectivity index (χ0v) is 12.2. The Morgan fingerprint density at radius 2 is 1.81 bits per heavy atom. The van der Waals surface area contributed by atoms with E-state index in [9.17, 15) is 9.59 Å². The number of nitrogens with zero attached hydrogens (tertiary/aromatic N) is 4. The van der Waals surface area contributed by atoms with Crippen LogP contribution in [0.15, 0.2) is 18.5 Å². The van der Waals surface area contributed by atoms with E-state index >= 15 is 0 Å². The van der Waals surface area contributed by atoms with Crippen LogP contribution in [0.1, 0.15) is 19.8 Å². The van der Waals surface area contributed by atoms with Crippen LogP contribution in [0.25, 0.3) is 0 Å². The largest absolute Gasteiger partial charge is 0.466 e. The summed E-state index contributed by atoms with van der Waals surface area (Å²) in [6.45, 7) is 4.76. The second kappa shape index (κ2) is 7.56. The Morgan fingerprint density at radius 1 is 1.14 bits per heavy atom. The number of rotatable bonds is 5. The van der Waals surface area contributed by atoms with Crippen LogP contribution < -0.4 is 4.90 Å². The highest BCUT2D eigenvalue weighted by atomic mass is 16.5. The summed E-state index contributed by atoms with van der Waals surface area (Å²) in [5, 5.41) is 0. The molecular weight excluding hydrogens is 272 g/mol. The van der Waals surface area contributed by atoms with Gasteiger partial charge in [-0.2, -0.15) is 0 Å². The van der Waals surface area contributed by atoms with Gasteiger partial charge >= 0.3 is 5.97 Å². The normalized spacial score (nSPS) is 14.9. The highest BCUT2D eigenvalue weighted by Gasteiger charge is 2.22. The number of piperazine rings is 1. The maximum atomic E-state index is 12.0. The topological polar surface area (TPSA) is 75.6 Å². The van der Waals surface area contributed by atoms with Gasteiger partial charge in [0.25, 0.3) is 0 Å². The summed E-state index contributed by atoms with van der Waals surface area (Å²) in [5.74, 6) is 0.370. The second-order valence-electron chi connectivity index (χ2n) is 4.72. The standard InChI is InChI=1S/C14H20N4O3/c1-2-21-13(20)5-4-12(19)17-8-10-18(11-9-17)14-15-6-3-7-16-14/h3,6-7H,2,4-5,8-11H2,1H3. The number of carbonyl (C=O) groups excluding carboxylic acids is 2. The lowest BCUT2D eigenvalue weighted by Gasteiger charge is -2.34.